The quantitative estimate of drug-likeness (QED) is 0.0464. The van der Waals surface area contributed by atoms with Gasteiger partial charge in [0.05, 0.1) is 23.9 Å². The highest BCUT2D eigenvalue weighted by Gasteiger charge is 2.57. The van der Waals surface area contributed by atoms with Gasteiger partial charge in [-0.3, -0.25) is 0 Å². The van der Waals surface area contributed by atoms with Gasteiger partial charge in [-0.15, -0.1) is 0 Å². The lowest BCUT2D eigenvalue weighted by Crippen LogP contribution is -2.69. The van der Waals surface area contributed by atoms with Gasteiger partial charge in [-0.2, -0.15) is 0 Å². The molecule has 0 bridgehead atoms. The van der Waals surface area contributed by atoms with Crippen LogP contribution in [0.15, 0.2) is 53.5 Å². The SMILES string of the molecule is C=C(Br)C[C@@H](CCC/C=C/C(O[Si](C)(C)C(C)(C)C)[C@@H]1OC2CC[C@H](CCO[Si](CC)(CC)CC)O[C@@H]2C(O[Si](C)(C)C(C)(C)C)C1O[Si](C)(C)C(C)(C)C)OC(=O)c1ccccc1. The number of allylic oxidation sites excluding steroid dienone is 1. The Kier molecular flexibility index (Phi) is 21.4. The lowest BCUT2D eigenvalue weighted by molar-refractivity contribution is -0.267. The second kappa shape index (κ2) is 23.7. The Morgan fingerprint density at radius 3 is 1.88 bits per heavy atom. The van der Waals surface area contributed by atoms with Crippen LogP contribution in [0.3, 0.4) is 0 Å². The summed E-state index contributed by atoms with van der Waals surface area (Å²) in [6.45, 7) is 46.5. The Morgan fingerprint density at radius 2 is 1.36 bits per heavy atom. The molecule has 0 amide bonds. The van der Waals surface area contributed by atoms with Crippen LogP contribution in [0.5, 0.6) is 0 Å². The minimum Gasteiger partial charge on any atom is -0.458 e. The standard InChI is InChI=1S/C51H93BrO8Si4/c1-20-64(21-2,22-3)54-36-35-40-33-34-42-44(55-40)46(59-62(16,17)50(8,9)10)47(60-63(18,19)51(11,12)13)45(57-42)43(58-61(14,15)49(5,6)7)32-28-24-27-31-41(37-38(4)52)56-48(53)39-29-25-23-26-30-39/h23,25-26,28-30,32,40-47H,4,20-22,24,27,31,33-37H2,1-3,5-19H3/b32-28+/t40-,41-,42?,43?,44+,45+,46?,47?/m1/s1. The van der Waals surface area contributed by atoms with Crippen molar-refractivity contribution in [1.82, 2.24) is 0 Å². The van der Waals surface area contributed by atoms with Crippen molar-refractivity contribution >= 4 is 55.2 Å². The van der Waals surface area contributed by atoms with Crippen LogP contribution in [-0.2, 0) is 31.9 Å². The van der Waals surface area contributed by atoms with E-state index in [1.54, 1.807) is 12.1 Å². The Balaban J connectivity index is 2.07. The number of carbonyl (C=O) groups is 1. The monoisotopic (exact) mass is 1020 g/mol. The molecule has 2 heterocycles. The number of esters is 1. The number of hydrogen-bond donors (Lipinski definition) is 0. The molecule has 368 valence electrons. The molecule has 0 spiro atoms. The molecular weight excluding hydrogens is 933 g/mol. The summed E-state index contributed by atoms with van der Waals surface area (Å²) in [6, 6.07) is 12.6. The first-order valence-corrected chi connectivity index (χ1v) is 36.7. The molecule has 0 radical (unpaired) electrons. The van der Waals surface area contributed by atoms with E-state index in [1.807, 2.05) is 18.2 Å². The number of rotatable bonds is 23. The maximum Gasteiger partial charge on any atom is 0.338 e. The minimum absolute atomic E-state index is 0.0282. The van der Waals surface area contributed by atoms with Crippen LogP contribution >= 0.6 is 15.9 Å². The van der Waals surface area contributed by atoms with Crippen molar-refractivity contribution in [1.29, 1.82) is 0 Å². The van der Waals surface area contributed by atoms with Gasteiger partial charge in [0.25, 0.3) is 0 Å². The Labute approximate surface area is 404 Å². The fourth-order valence-electron chi connectivity index (χ4n) is 7.89. The predicted octanol–water partition coefficient (Wildman–Crippen LogP) is 15.1. The third kappa shape index (κ3) is 15.9. The average molecular weight is 1030 g/mol. The number of halogens is 1. The molecule has 3 rings (SSSR count). The molecule has 2 aliphatic rings. The molecule has 4 unspecified atom stereocenters. The van der Waals surface area contributed by atoms with Gasteiger partial charge >= 0.3 is 5.97 Å². The molecule has 13 heteroatoms. The zero-order valence-corrected chi connectivity index (χ0v) is 49.4. The van der Waals surface area contributed by atoms with Crippen molar-refractivity contribution in [2.24, 2.45) is 0 Å². The van der Waals surface area contributed by atoms with E-state index in [0.717, 1.165) is 61.3 Å². The van der Waals surface area contributed by atoms with Crippen molar-refractivity contribution in [2.45, 2.75) is 249 Å². The van der Waals surface area contributed by atoms with Gasteiger partial charge in [0.2, 0.25) is 0 Å². The Morgan fingerprint density at radius 1 is 0.812 bits per heavy atom. The molecule has 2 fully saturated rings. The second-order valence-electron chi connectivity index (χ2n) is 23.3. The number of carbonyl (C=O) groups excluding carboxylic acids is 1. The highest BCUT2D eigenvalue weighted by molar-refractivity contribution is 9.11. The van der Waals surface area contributed by atoms with Crippen LogP contribution in [0.4, 0.5) is 0 Å². The van der Waals surface area contributed by atoms with Crippen LogP contribution in [0.25, 0.3) is 0 Å². The third-order valence-electron chi connectivity index (χ3n) is 15.6. The third-order valence-corrected chi connectivity index (χ3v) is 34.0. The van der Waals surface area contributed by atoms with Gasteiger partial charge in [-0.1, -0.05) is 136 Å². The van der Waals surface area contributed by atoms with E-state index in [0.29, 0.717) is 18.4 Å². The van der Waals surface area contributed by atoms with Crippen LogP contribution in [0.1, 0.15) is 138 Å². The lowest BCUT2D eigenvalue weighted by atomic mass is 9.87. The number of ether oxygens (including phenoxy) is 3. The Hall–Kier alpha value is -0.722. The highest BCUT2D eigenvalue weighted by atomic mass is 79.9. The molecule has 8 atom stereocenters. The van der Waals surface area contributed by atoms with Crippen molar-refractivity contribution in [3.05, 3.63) is 59.1 Å². The number of hydrogen-bond acceptors (Lipinski definition) is 8. The fourth-order valence-corrected chi connectivity index (χ4v) is 14.8. The van der Waals surface area contributed by atoms with Gasteiger partial charge in [0.15, 0.2) is 33.3 Å². The number of benzene rings is 1. The highest BCUT2D eigenvalue weighted by Crippen LogP contribution is 2.47. The topological polar surface area (TPSA) is 81.7 Å². The molecule has 1 aromatic rings. The van der Waals surface area contributed by atoms with Gasteiger partial charge in [0, 0.05) is 13.0 Å². The van der Waals surface area contributed by atoms with Crippen molar-refractivity contribution in [2.75, 3.05) is 6.61 Å². The molecule has 0 aromatic heterocycles. The van der Waals surface area contributed by atoms with E-state index in [2.05, 4.69) is 157 Å². The summed E-state index contributed by atoms with van der Waals surface area (Å²) in [5.74, 6) is -0.313. The van der Waals surface area contributed by atoms with Crippen LogP contribution < -0.4 is 0 Å². The maximum atomic E-state index is 13.1. The van der Waals surface area contributed by atoms with E-state index in [-0.39, 0.29) is 57.7 Å². The first-order valence-electron chi connectivity index (χ1n) is 24.7. The van der Waals surface area contributed by atoms with E-state index >= 15 is 0 Å². The summed E-state index contributed by atoms with van der Waals surface area (Å²) in [5.41, 5.74) is 0.551. The predicted molar refractivity (Wildman–Crippen MR) is 282 cm³/mol. The smallest absolute Gasteiger partial charge is 0.338 e. The minimum atomic E-state index is -2.41. The molecule has 2 saturated heterocycles. The van der Waals surface area contributed by atoms with Crippen molar-refractivity contribution in [3.63, 3.8) is 0 Å². The van der Waals surface area contributed by atoms with Gasteiger partial charge in [-0.05, 0) is 128 Å². The van der Waals surface area contributed by atoms with Crippen LogP contribution in [0, 0.1) is 0 Å². The van der Waals surface area contributed by atoms with Crippen LogP contribution in [-0.4, -0.2) is 94.7 Å². The average Bonchev–Trinajstić information content (AvgIpc) is 3.18. The van der Waals surface area contributed by atoms with E-state index < -0.39 is 45.5 Å². The zero-order valence-electron chi connectivity index (χ0n) is 43.8. The molecule has 0 aliphatic carbocycles. The summed E-state index contributed by atoms with van der Waals surface area (Å²) in [5, 5.41) is -0.113. The van der Waals surface area contributed by atoms with E-state index in [9.17, 15) is 4.79 Å². The van der Waals surface area contributed by atoms with E-state index in [1.165, 1.54) is 0 Å². The molecule has 2 aliphatic heterocycles. The number of unbranched alkanes of at least 4 members (excludes halogenated alkanes) is 1. The van der Waals surface area contributed by atoms with Crippen molar-refractivity contribution < 1.29 is 36.7 Å². The summed E-state index contributed by atoms with van der Waals surface area (Å²) in [6.07, 6.45) is 7.81. The molecule has 64 heavy (non-hydrogen) atoms. The molecule has 8 nitrogen and oxygen atoms in total. The van der Waals surface area contributed by atoms with Crippen LogP contribution in [0.2, 0.25) is 72.5 Å². The second-order valence-corrected chi connectivity index (χ2v) is 43.5. The molecular formula is C51H93BrO8Si4. The zero-order chi connectivity index (χ0) is 48.5. The summed E-state index contributed by atoms with van der Waals surface area (Å²) in [7, 11) is -8.85. The first-order chi connectivity index (χ1) is 29.4. The maximum absolute atomic E-state index is 13.1. The normalized spacial score (nSPS) is 24.0. The molecule has 0 N–H and O–H groups in total. The lowest BCUT2D eigenvalue weighted by Gasteiger charge is -2.56. The fraction of sp³-hybridized carbons (Fsp3) is 0.784. The summed E-state index contributed by atoms with van der Waals surface area (Å²) in [4.78, 5) is 13.1. The van der Waals surface area contributed by atoms with Gasteiger partial charge in [0.1, 0.15) is 30.5 Å². The first kappa shape index (κ1) is 57.6. The molecule has 0 saturated carbocycles. The summed E-state index contributed by atoms with van der Waals surface area (Å²) >= 11 is 3.52. The summed E-state index contributed by atoms with van der Waals surface area (Å²) < 4.78 is 51.2. The Bertz CT molecular complexity index is 1620. The number of fused-ring (bicyclic) bond motifs is 1. The van der Waals surface area contributed by atoms with E-state index in [4.69, 9.17) is 31.9 Å². The molecule has 1 aromatic carbocycles. The van der Waals surface area contributed by atoms with Gasteiger partial charge in [-0.25, -0.2) is 4.79 Å². The van der Waals surface area contributed by atoms with Gasteiger partial charge < -0.3 is 31.9 Å². The largest absolute Gasteiger partial charge is 0.458 e. The van der Waals surface area contributed by atoms with Crippen molar-refractivity contribution in [3.8, 4) is 0 Å².